The van der Waals surface area contributed by atoms with E-state index in [4.69, 9.17) is 0 Å². The van der Waals surface area contributed by atoms with Crippen molar-refractivity contribution in [1.82, 2.24) is 0 Å². The third-order valence-electron chi connectivity index (χ3n) is 16.8. The highest BCUT2D eigenvalue weighted by molar-refractivity contribution is 8.00. The number of thioether (sulfide) groups is 1. The van der Waals surface area contributed by atoms with Gasteiger partial charge in [-0.15, -0.1) is 0 Å². The molecule has 6 aliphatic rings. The van der Waals surface area contributed by atoms with Gasteiger partial charge in [0.2, 0.25) is 0 Å². The second-order valence-corrected chi connectivity index (χ2v) is 28.2. The van der Waals surface area contributed by atoms with E-state index in [1.807, 2.05) is 0 Å². The van der Waals surface area contributed by atoms with E-state index >= 15 is 0 Å². The van der Waals surface area contributed by atoms with E-state index in [-0.39, 0.29) is 0 Å². The van der Waals surface area contributed by atoms with Gasteiger partial charge < -0.3 is 0 Å². The van der Waals surface area contributed by atoms with Crippen molar-refractivity contribution in [2.45, 2.75) is 187 Å². The van der Waals surface area contributed by atoms with Crippen molar-refractivity contribution in [3.63, 3.8) is 0 Å². The predicted molar refractivity (Wildman–Crippen MR) is 204 cm³/mol. The van der Waals surface area contributed by atoms with Gasteiger partial charge in [0, 0.05) is 10.5 Å². The Bertz CT molecular complexity index is 984. The van der Waals surface area contributed by atoms with Gasteiger partial charge in [-0.05, 0) is 164 Å². The zero-order valence-electron chi connectivity index (χ0n) is 32.3. The number of fused-ring (bicyclic) bond motifs is 2. The van der Waals surface area contributed by atoms with E-state index in [0.29, 0.717) is 10.8 Å². The minimum absolute atomic E-state index is 0.502. The smallest absolute Gasteiger partial charge is 0.0555 e. The van der Waals surface area contributed by atoms with Crippen LogP contribution in [0.2, 0.25) is 24.2 Å². The quantitative estimate of drug-likeness (QED) is 0.266. The van der Waals surface area contributed by atoms with Gasteiger partial charge in [0.25, 0.3) is 0 Å². The largest absolute Gasteiger partial charge is 0.155 e. The molecule has 11 unspecified atom stereocenters. The molecule has 0 radical (unpaired) electrons. The predicted octanol–water partition coefficient (Wildman–Crippen LogP) is 13.6. The lowest BCUT2D eigenvalue weighted by Crippen LogP contribution is -2.48. The topological polar surface area (TPSA) is 0 Å². The summed E-state index contributed by atoms with van der Waals surface area (Å²) in [7, 11) is -1.50. The molecular formula is C43H78SSi. The van der Waals surface area contributed by atoms with Crippen molar-refractivity contribution in [1.29, 1.82) is 0 Å². The first-order valence-corrected chi connectivity index (χ1v) is 24.7. The Labute approximate surface area is 288 Å². The molecule has 0 aromatic rings. The van der Waals surface area contributed by atoms with Crippen molar-refractivity contribution in [2.24, 2.45) is 81.8 Å². The Balaban J connectivity index is 1.19. The molecule has 2 heteroatoms. The second-order valence-electron chi connectivity index (χ2n) is 21.7. The summed E-state index contributed by atoms with van der Waals surface area (Å²) in [6, 6.07) is 0. The monoisotopic (exact) mass is 655 g/mol. The Morgan fingerprint density at radius 3 is 1.67 bits per heavy atom. The fraction of sp³-hybridized carbons (Fsp3) is 1.00. The Morgan fingerprint density at radius 1 is 0.600 bits per heavy atom. The van der Waals surface area contributed by atoms with Crippen molar-refractivity contribution in [3.05, 3.63) is 0 Å². The van der Waals surface area contributed by atoms with Crippen molar-refractivity contribution in [3.8, 4) is 0 Å². The molecule has 260 valence electrons. The Kier molecular flexibility index (Phi) is 10.3. The molecule has 1 saturated heterocycles. The molecule has 1 aliphatic heterocycles. The zero-order chi connectivity index (χ0) is 32.6. The van der Waals surface area contributed by atoms with Gasteiger partial charge in [0.05, 0.1) is 8.07 Å². The fourth-order valence-electron chi connectivity index (χ4n) is 14.7. The van der Waals surface area contributed by atoms with Crippen LogP contribution < -0.4 is 0 Å². The van der Waals surface area contributed by atoms with Crippen LogP contribution in [-0.4, -0.2) is 18.6 Å². The summed E-state index contributed by atoms with van der Waals surface area (Å²) in [5.74, 6) is 12.0. The molecule has 11 atom stereocenters. The fourth-order valence-corrected chi connectivity index (χ4v) is 24.3. The first-order valence-electron chi connectivity index (χ1n) is 20.7. The van der Waals surface area contributed by atoms with Crippen molar-refractivity contribution >= 4 is 19.8 Å². The van der Waals surface area contributed by atoms with Crippen LogP contribution in [0, 0.1) is 81.8 Å². The van der Waals surface area contributed by atoms with E-state index < -0.39 is 8.07 Å². The second kappa shape index (κ2) is 13.0. The molecule has 5 saturated carbocycles. The van der Waals surface area contributed by atoms with Crippen LogP contribution in [0.25, 0.3) is 0 Å². The third kappa shape index (κ3) is 6.61. The van der Waals surface area contributed by atoms with E-state index in [1.54, 1.807) is 44.9 Å². The normalized spacial score (nSPS) is 48.1. The van der Waals surface area contributed by atoms with Crippen LogP contribution >= 0.6 is 11.8 Å². The van der Waals surface area contributed by atoms with Gasteiger partial charge in [-0.2, -0.15) is 11.8 Å². The minimum Gasteiger partial charge on any atom is -0.155 e. The van der Waals surface area contributed by atoms with E-state index in [1.165, 1.54) is 38.5 Å². The van der Waals surface area contributed by atoms with Crippen LogP contribution in [0.15, 0.2) is 0 Å². The molecule has 0 nitrogen and oxygen atoms in total. The van der Waals surface area contributed by atoms with E-state index in [9.17, 15) is 0 Å². The third-order valence-corrected chi connectivity index (χ3v) is 24.0. The molecule has 0 spiro atoms. The van der Waals surface area contributed by atoms with Crippen LogP contribution in [-0.2, 0) is 0 Å². The van der Waals surface area contributed by atoms with E-state index in [2.05, 4.69) is 94.1 Å². The lowest BCUT2D eigenvalue weighted by atomic mass is 9.61. The Morgan fingerprint density at radius 2 is 1.13 bits per heavy atom. The molecule has 0 N–H and O–H groups in total. The van der Waals surface area contributed by atoms with Crippen LogP contribution in [0.5, 0.6) is 0 Å². The molecule has 0 aromatic heterocycles. The first-order chi connectivity index (χ1) is 21.0. The average molecular weight is 655 g/mol. The summed E-state index contributed by atoms with van der Waals surface area (Å²) in [6.07, 6.45) is 20.0. The maximum Gasteiger partial charge on any atom is 0.0555 e. The molecular weight excluding hydrogens is 577 g/mol. The molecule has 45 heavy (non-hydrogen) atoms. The van der Waals surface area contributed by atoms with Gasteiger partial charge in [-0.1, -0.05) is 95.2 Å². The highest BCUT2D eigenvalue weighted by Gasteiger charge is 2.63. The summed E-state index contributed by atoms with van der Waals surface area (Å²) >= 11 is 2.54. The van der Waals surface area contributed by atoms with Gasteiger partial charge in [-0.25, -0.2) is 0 Å². The zero-order valence-corrected chi connectivity index (χ0v) is 34.2. The van der Waals surface area contributed by atoms with Gasteiger partial charge in [0.15, 0.2) is 0 Å². The Hall–Kier alpha value is 0.567. The molecule has 0 amide bonds. The lowest BCUT2D eigenvalue weighted by molar-refractivity contribution is 0.0635. The van der Waals surface area contributed by atoms with Gasteiger partial charge in [0.1, 0.15) is 0 Å². The van der Waals surface area contributed by atoms with E-state index in [0.717, 1.165) is 92.6 Å². The number of rotatable bonds is 5. The maximum absolute atomic E-state index is 2.98. The van der Waals surface area contributed by atoms with Crippen molar-refractivity contribution in [2.75, 3.05) is 0 Å². The molecule has 0 bridgehead atoms. The highest BCUT2D eigenvalue weighted by Crippen LogP contribution is 2.69. The molecule has 6 rings (SSSR count). The standard InChI is InChI=1S/C43H78SSi/c1-26(2)35-25-36-33(29-16-20-31(21-17-29)42(5,6)7)14-13-15-34(36)41(35)45(11,12)40-27(3)24-37-38(28(4)44-39(37)40)30-18-22-32(23-19-30)43(8,9)10/h26-41H,13-25H2,1-12H3. The lowest BCUT2D eigenvalue weighted by Gasteiger charge is -2.49. The highest BCUT2D eigenvalue weighted by atomic mass is 32.2. The summed E-state index contributed by atoms with van der Waals surface area (Å²) in [6.45, 7) is 31.7. The molecule has 5 aliphatic carbocycles. The number of hydrogen-bond donors (Lipinski definition) is 0. The molecule has 0 aromatic carbocycles. The maximum atomic E-state index is 2.98. The van der Waals surface area contributed by atoms with Crippen LogP contribution in [0.4, 0.5) is 0 Å². The van der Waals surface area contributed by atoms with Gasteiger partial charge in [-0.3, -0.25) is 0 Å². The van der Waals surface area contributed by atoms with Crippen LogP contribution in [0.3, 0.4) is 0 Å². The summed E-state index contributed by atoms with van der Waals surface area (Å²) in [5.41, 5.74) is 3.15. The number of hydrogen-bond acceptors (Lipinski definition) is 1. The SMILES string of the molecule is CC(C)C1CC2C(C3CCC(C(C)(C)C)CC3)CCCC2C1[Si](C)(C)C1C(C)CC2C1SC(C)C2C1CCC(C(C)(C)C)CC1. The summed E-state index contributed by atoms with van der Waals surface area (Å²) in [4.78, 5) is 0. The first kappa shape index (κ1) is 35.4. The molecule has 6 fully saturated rings. The van der Waals surface area contributed by atoms with Crippen LogP contribution in [0.1, 0.15) is 153 Å². The molecule has 1 heterocycles. The minimum atomic E-state index is -1.50. The average Bonchev–Trinajstić information content (AvgIpc) is 3.60. The van der Waals surface area contributed by atoms with Crippen molar-refractivity contribution < 1.29 is 0 Å². The summed E-state index contributed by atoms with van der Waals surface area (Å²) in [5, 5.41) is 1.89. The summed E-state index contributed by atoms with van der Waals surface area (Å²) < 4.78 is 0. The van der Waals surface area contributed by atoms with Gasteiger partial charge >= 0.3 is 0 Å².